The molecule has 20 heavy (non-hydrogen) atoms. The Bertz CT molecular complexity index is 601. The first kappa shape index (κ1) is 13.7. The molecule has 3 rings (SSSR count). The molecule has 7 heteroatoms. The summed E-state index contributed by atoms with van der Waals surface area (Å²) < 4.78 is 33.7. The van der Waals surface area contributed by atoms with Gasteiger partial charge in [0.2, 0.25) is 0 Å². The van der Waals surface area contributed by atoms with Crippen LogP contribution in [-0.2, 0) is 27.7 Å². The molecule has 110 valence electrons. The summed E-state index contributed by atoms with van der Waals surface area (Å²) in [4.78, 5) is 2.12. The second-order valence-electron chi connectivity index (χ2n) is 5.21. The number of hydrogen-bond donors (Lipinski definition) is 1. The van der Waals surface area contributed by atoms with Crippen LogP contribution >= 0.6 is 0 Å². The molecular formula is C13H18N2O4S. The largest absolute Gasteiger partial charge is 0.467 e. The summed E-state index contributed by atoms with van der Waals surface area (Å²) in [7, 11) is -2.85. The summed E-state index contributed by atoms with van der Waals surface area (Å²) in [6.07, 6.45) is 0. The molecule has 1 fully saturated rings. The molecule has 0 saturated carbocycles. The Morgan fingerprint density at radius 1 is 1.25 bits per heavy atom. The van der Waals surface area contributed by atoms with Gasteiger partial charge in [-0.3, -0.25) is 4.90 Å². The smallest absolute Gasteiger partial charge is 0.189 e. The minimum atomic E-state index is -2.85. The molecule has 0 atom stereocenters. The van der Waals surface area contributed by atoms with Gasteiger partial charge >= 0.3 is 0 Å². The molecule has 2 aliphatic heterocycles. The number of anilines is 1. The number of nitrogens with two attached hydrogens (primary N) is 1. The number of fused-ring (bicyclic) bond motifs is 1. The van der Waals surface area contributed by atoms with Gasteiger partial charge < -0.3 is 15.2 Å². The normalized spacial score (nSPS) is 22.0. The van der Waals surface area contributed by atoms with Crippen molar-refractivity contribution in [2.75, 3.05) is 37.1 Å². The third-order valence-corrected chi connectivity index (χ3v) is 5.25. The van der Waals surface area contributed by atoms with E-state index in [2.05, 4.69) is 4.90 Å². The molecule has 1 aromatic carbocycles. The highest BCUT2D eigenvalue weighted by Crippen LogP contribution is 2.31. The summed E-state index contributed by atoms with van der Waals surface area (Å²) >= 11 is 0. The van der Waals surface area contributed by atoms with Crippen LogP contribution in [0.4, 0.5) is 5.69 Å². The van der Waals surface area contributed by atoms with Crippen LogP contribution in [0.1, 0.15) is 11.1 Å². The molecule has 6 nitrogen and oxygen atoms in total. The fraction of sp³-hybridized carbons (Fsp3) is 0.538. The van der Waals surface area contributed by atoms with Gasteiger partial charge in [0.05, 0.1) is 18.1 Å². The highest BCUT2D eigenvalue weighted by atomic mass is 32.2. The molecule has 1 aromatic rings. The minimum absolute atomic E-state index is 0.224. The molecule has 0 aliphatic carbocycles. The predicted octanol–water partition coefficient (Wildman–Crippen LogP) is 0.366. The van der Waals surface area contributed by atoms with Gasteiger partial charge in [0, 0.05) is 36.4 Å². The van der Waals surface area contributed by atoms with Crippen molar-refractivity contribution in [2.45, 2.75) is 13.2 Å². The van der Waals surface area contributed by atoms with E-state index < -0.39 is 9.84 Å². The lowest BCUT2D eigenvalue weighted by Crippen LogP contribution is -2.39. The lowest BCUT2D eigenvalue weighted by molar-refractivity contribution is -0.0174. The number of ether oxygens (including phenoxy) is 2. The van der Waals surface area contributed by atoms with E-state index in [0.29, 0.717) is 31.9 Å². The molecule has 0 amide bonds. The average molecular weight is 298 g/mol. The Labute approximate surface area is 118 Å². The summed E-state index contributed by atoms with van der Waals surface area (Å²) in [5.41, 5.74) is 8.54. The second-order valence-corrected chi connectivity index (χ2v) is 7.51. The predicted molar refractivity (Wildman–Crippen MR) is 75.1 cm³/mol. The molecule has 0 radical (unpaired) electrons. The van der Waals surface area contributed by atoms with Crippen LogP contribution < -0.4 is 10.5 Å². The molecule has 0 aromatic heterocycles. The molecule has 1 saturated heterocycles. The zero-order valence-corrected chi connectivity index (χ0v) is 12.0. The molecular weight excluding hydrogens is 280 g/mol. The van der Waals surface area contributed by atoms with E-state index in [1.165, 1.54) is 0 Å². The van der Waals surface area contributed by atoms with Crippen LogP contribution in [0.15, 0.2) is 12.1 Å². The Hall–Kier alpha value is -1.31. The molecule has 0 spiro atoms. The fourth-order valence-electron chi connectivity index (χ4n) is 2.59. The number of sulfone groups is 1. The fourth-order valence-corrected chi connectivity index (χ4v) is 3.87. The maximum absolute atomic E-state index is 11.4. The lowest BCUT2D eigenvalue weighted by atomic mass is 10.1. The molecule has 2 heterocycles. The third kappa shape index (κ3) is 2.89. The summed E-state index contributed by atoms with van der Waals surface area (Å²) in [5, 5.41) is 0. The maximum Gasteiger partial charge on any atom is 0.189 e. The van der Waals surface area contributed by atoms with Crippen molar-refractivity contribution in [3.63, 3.8) is 0 Å². The van der Waals surface area contributed by atoms with Crippen molar-refractivity contribution in [2.24, 2.45) is 0 Å². The van der Waals surface area contributed by atoms with Gasteiger partial charge in [-0.05, 0) is 12.1 Å². The van der Waals surface area contributed by atoms with Crippen molar-refractivity contribution in [1.82, 2.24) is 4.90 Å². The SMILES string of the molecule is Nc1cc2c(c(CN3CCS(=O)(=O)CC3)c1)OCOC2. The van der Waals surface area contributed by atoms with Crippen LogP contribution in [0.3, 0.4) is 0 Å². The standard InChI is InChI=1S/C13H18N2O4S/c14-12-5-10(13-11(6-12)8-18-9-19-13)7-15-1-3-20(16,17)4-2-15/h5-6H,1-4,7-9,14H2. The third-order valence-electron chi connectivity index (χ3n) is 3.64. The number of benzene rings is 1. The van der Waals surface area contributed by atoms with Crippen LogP contribution in [0.5, 0.6) is 5.75 Å². The Kier molecular flexibility index (Phi) is 3.57. The van der Waals surface area contributed by atoms with E-state index >= 15 is 0 Å². The van der Waals surface area contributed by atoms with Crippen LogP contribution in [0, 0.1) is 0 Å². The Morgan fingerprint density at radius 2 is 2.00 bits per heavy atom. The minimum Gasteiger partial charge on any atom is -0.467 e. The topological polar surface area (TPSA) is 81.9 Å². The molecule has 2 aliphatic rings. The van der Waals surface area contributed by atoms with Crippen LogP contribution in [0.2, 0.25) is 0 Å². The van der Waals surface area contributed by atoms with Gasteiger partial charge in [0.15, 0.2) is 16.6 Å². The van der Waals surface area contributed by atoms with E-state index in [4.69, 9.17) is 15.2 Å². The van der Waals surface area contributed by atoms with Crippen LogP contribution in [0.25, 0.3) is 0 Å². The maximum atomic E-state index is 11.4. The molecule has 0 bridgehead atoms. The van der Waals surface area contributed by atoms with Gasteiger partial charge in [0.25, 0.3) is 0 Å². The number of rotatable bonds is 2. The summed E-state index contributed by atoms with van der Waals surface area (Å²) in [5.74, 6) is 1.28. The van der Waals surface area contributed by atoms with Crippen molar-refractivity contribution < 1.29 is 17.9 Å². The zero-order valence-electron chi connectivity index (χ0n) is 11.2. The first-order chi connectivity index (χ1) is 9.53. The first-order valence-electron chi connectivity index (χ1n) is 6.58. The van der Waals surface area contributed by atoms with E-state index in [0.717, 1.165) is 16.9 Å². The zero-order chi connectivity index (χ0) is 14.2. The molecule has 0 unspecified atom stereocenters. The first-order valence-corrected chi connectivity index (χ1v) is 8.40. The Balaban J connectivity index is 1.79. The van der Waals surface area contributed by atoms with Crippen molar-refractivity contribution in [1.29, 1.82) is 0 Å². The molecule has 2 N–H and O–H groups in total. The summed E-state index contributed by atoms with van der Waals surface area (Å²) in [6, 6.07) is 3.76. The van der Waals surface area contributed by atoms with Gasteiger partial charge in [0.1, 0.15) is 5.75 Å². The monoisotopic (exact) mass is 298 g/mol. The van der Waals surface area contributed by atoms with Crippen LogP contribution in [-0.4, -0.2) is 44.7 Å². The highest BCUT2D eigenvalue weighted by molar-refractivity contribution is 7.91. The lowest BCUT2D eigenvalue weighted by Gasteiger charge is -2.28. The Morgan fingerprint density at radius 3 is 2.75 bits per heavy atom. The number of nitrogen functional groups attached to an aromatic ring is 1. The van der Waals surface area contributed by atoms with Gasteiger partial charge in [-0.2, -0.15) is 0 Å². The van der Waals surface area contributed by atoms with Crippen molar-refractivity contribution >= 4 is 15.5 Å². The van der Waals surface area contributed by atoms with Gasteiger partial charge in [-0.25, -0.2) is 8.42 Å². The number of hydrogen-bond acceptors (Lipinski definition) is 6. The van der Waals surface area contributed by atoms with Gasteiger partial charge in [-0.15, -0.1) is 0 Å². The second kappa shape index (κ2) is 5.23. The van der Waals surface area contributed by atoms with E-state index in [1.807, 2.05) is 12.1 Å². The van der Waals surface area contributed by atoms with E-state index in [1.54, 1.807) is 0 Å². The van der Waals surface area contributed by atoms with E-state index in [-0.39, 0.29) is 18.3 Å². The average Bonchev–Trinajstić information content (AvgIpc) is 2.41. The van der Waals surface area contributed by atoms with Crippen molar-refractivity contribution in [3.05, 3.63) is 23.3 Å². The quantitative estimate of drug-likeness (QED) is 0.794. The van der Waals surface area contributed by atoms with Gasteiger partial charge in [-0.1, -0.05) is 0 Å². The highest BCUT2D eigenvalue weighted by Gasteiger charge is 2.24. The van der Waals surface area contributed by atoms with Crippen molar-refractivity contribution in [3.8, 4) is 5.75 Å². The summed E-state index contributed by atoms with van der Waals surface area (Å²) in [6.45, 7) is 2.52. The van der Waals surface area contributed by atoms with E-state index in [9.17, 15) is 8.42 Å². The number of nitrogens with zero attached hydrogens (tertiary/aromatic N) is 1.